The second-order valence-electron chi connectivity index (χ2n) is 7.99. The van der Waals surface area contributed by atoms with Crippen LogP contribution in [0.2, 0.25) is 5.02 Å². The Morgan fingerprint density at radius 1 is 1.03 bits per heavy atom. The Labute approximate surface area is 220 Å². The molecule has 0 spiro atoms. The molecule has 0 aliphatic carbocycles. The number of halogens is 1. The van der Waals surface area contributed by atoms with Crippen molar-refractivity contribution in [2.45, 2.75) is 6.92 Å². The van der Waals surface area contributed by atoms with Crippen molar-refractivity contribution in [2.24, 2.45) is 0 Å². The van der Waals surface area contributed by atoms with Crippen molar-refractivity contribution in [3.63, 3.8) is 0 Å². The van der Waals surface area contributed by atoms with Crippen LogP contribution in [0.5, 0.6) is 28.9 Å². The van der Waals surface area contributed by atoms with Crippen LogP contribution in [0.4, 0.5) is 0 Å². The van der Waals surface area contributed by atoms with Crippen LogP contribution in [0.3, 0.4) is 0 Å². The maximum Gasteiger partial charge on any atom is 0.242 e. The Kier molecular flexibility index (Phi) is 6.22. The summed E-state index contributed by atoms with van der Waals surface area (Å²) in [6, 6.07) is 11.6. The fourth-order valence-electron chi connectivity index (χ4n) is 4.10. The molecule has 0 saturated carbocycles. The number of thiazole rings is 1. The van der Waals surface area contributed by atoms with Crippen molar-refractivity contribution in [2.75, 3.05) is 21.3 Å². The van der Waals surface area contributed by atoms with E-state index in [-0.39, 0.29) is 17.0 Å². The van der Waals surface area contributed by atoms with Gasteiger partial charge in [-0.1, -0.05) is 22.9 Å². The quantitative estimate of drug-likeness (QED) is 0.242. The number of carbonyl (C=O) groups is 1. The van der Waals surface area contributed by atoms with Crippen LogP contribution in [0.25, 0.3) is 26.6 Å². The third-order valence-corrected chi connectivity index (χ3v) is 7.02. The average Bonchev–Trinajstić information content (AvgIpc) is 3.58. The van der Waals surface area contributed by atoms with E-state index in [9.17, 15) is 15.0 Å². The maximum absolute atomic E-state index is 13.6. The van der Waals surface area contributed by atoms with Gasteiger partial charge in [0.2, 0.25) is 17.4 Å². The first kappa shape index (κ1) is 24.5. The van der Waals surface area contributed by atoms with E-state index in [1.165, 1.54) is 43.3 Å². The molecule has 0 unspecified atom stereocenters. The minimum atomic E-state index is -0.632. The maximum atomic E-state index is 13.6. The molecule has 0 bridgehead atoms. The number of aromatic hydroxyl groups is 2. The zero-order valence-electron chi connectivity index (χ0n) is 20.2. The Bertz CT molecular complexity index is 1640. The van der Waals surface area contributed by atoms with Gasteiger partial charge in [0.15, 0.2) is 28.1 Å². The molecule has 190 valence electrons. The van der Waals surface area contributed by atoms with Gasteiger partial charge in [-0.15, -0.1) is 0 Å². The number of rotatable bonds is 7. The van der Waals surface area contributed by atoms with Gasteiger partial charge in [0.1, 0.15) is 5.76 Å². The molecule has 0 atom stereocenters. The van der Waals surface area contributed by atoms with Crippen LogP contribution in [-0.2, 0) is 0 Å². The normalized spacial score (nSPS) is 11.2. The highest BCUT2D eigenvalue weighted by molar-refractivity contribution is 7.20. The van der Waals surface area contributed by atoms with E-state index in [1.807, 2.05) is 0 Å². The van der Waals surface area contributed by atoms with E-state index in [0.717, 1.165) is 4.70 Å². The molecule has 3 aromatic heterocycles. The standard InChI is InChI=1S/C26H21ClN2O7S/c1-12-5-8-16(36-12)22(30)20-21(13-9-17(33-2)24(35-4)18(10-13)34-3)29(25(32)23(20)31)26-28-15-7-6-14(27)11-19(15)37-26/h5-11,31-32H,1-4H3. The van der Waals surface area contributed by atoms with Gasteiger partial charge < -0.3 is 28.8 Å². The van der Waals surface area contributed by atoms with Crippen molar-refractivity contribution in [1.82, 2.24) is 9.55 Å². The Morgan fingerprint density at radius 3 is 2.32 bits per heavy atom. The lowest BCUT2D eigenvalue weighted by molar-refractivity contribution is 0.101. The number of ketones is 1. The molecule has 11 heteroatoms. The fourth-order valence-corrected chi connectivity index (χ4v) is 5.35. The molecule has 2 N–H and O–H groups in total. The van der Waals surface area contributed by atoms with E-state index in [0.29, 0.717) is 44.2 Å². The van der Waals surface area contributed by atoms with E-state index in [1.54, 1.807) is 43.3 Å². The number of nitrogens with zero attached hydrogens (tertiary/aromatic N) is 2. The third kappa shape index (κ3) is 4.04. The van der Waals surface area contributed by atoms with Gasteiger partial charge in [-0.05, 0) is 49.4 Å². The van der Waals surface area contributed by atoms with Gasteiger partial charge in [-0.2, -0.15) is 0 Å². The topological polar surface area (TPSA) is 116 Å². The van der Waals surface area contributed by atoms with E-state index in [4.69, 9.17) is 30.2 Å². The molecule has 5 aromatic rings. The monoisotopic (exact) mass is 540 g/mol. The van der Waals surface area contributed by atoms with Crippen molar-refractivity contribution in [3.8, 4) is 45.3 Å². The minimum Gasteiger partial charge on any atom is -0.503 e. The summed E-state index contributed by atoms with van der Waals surface area (Å²) in [6.45, 7) is 1.70. The number of methoxy groups -OCH3 is 3. The molecule has 0 amide bonds. The highest BCUT2D eigenvalue weighted by Crippen LogP contribution is 2.49. The Hall–Kier alpha value is -4.15. The third-order valence-electron chi connectivity index (χ3n) is 5.78. The molecule has 0 fully saturated rings. The lowest BCUT2D eigenvalue weighted by Gasteiger charge is -2.15. The van der Waals surface area contributed by atoms with Crippen molar-refractivity contribution in [3.05, 3.63) is 64.6 Å². The van der Waals surface area contributed by atoms with E-state index in [2.05, 4.69) is 4.98 Å². The number of hydrogen-bond acceptors (Lipinski definition) is 9. The molecule has 3 heterocycles. The highest BCUT2D eigenvalue weighted by atomic mass is 35.5. The summed E-state index contributed by atoms with van der Waals surface area (Å²) >= 11 is 7.38. The first-order valence-corrected chi connectivity index (χ1v) is 12.1. The lowest BCUT2D eigenvalue weighted by atomic mass is 10.0. The van der Waals surface area contributed by atoms with Crippen LogP contribution in [0.1, 0.15) is 21.9 Å². The second-order valence-corrected chi connectivity index (χ2v) is 9.44. The van der Waals surface area contributed by atoms with E-state index >= 15 is 0 Å². The number of aryl methyl sites for hydroxylation is 1. The number of benzene rings is 2. The number of fused-ring (bicyclic) bond motifs is 1. The van der Waals surface area contributed by atoms with Gasteiger partial charge in [0, 0.05) is 10.6 Å². The van der Waals surface area contributed by atoms with Crippen molar-refractivity contribution < 1.29 is 33.6 Å². The van der Waals surface area contributed by atoms with Crippen LogP contribution in [0, 0.1) is 6.92 Å². The summed E-state index contributed by atoms with van der Waals surface area (Å²) in [5.74, 6) is -0.352. The largest absolute Gasteiger partial charge is 0.503 e. The van der Waals surface area contributed by atoms with Crippen LogP contribution in [0.15, 0.2) is 46.9 Å². The highest BCUT2D eigenvalue weighted by Gasteiger charge is 2.33. The van der Waals surface area contributed by atoms with Crippen molar-refractivity contribution in [1.29, 1.82) is 0 Å². The summed E-state index contributed by atoms with van der Waals surface area (Å²) in [4.78, 5) is 18.2. The molecule has 0 saturated heterocycles. The number of hydrogen-bond donors (Lipinski definition) is 2. The molecule has 37 heavy (non-hydrogen) atoms. The first-order chi connectivity index (χ1) is 17.8. The Balaban J connectivity index is 1.86. The zero-order chi connectivity index (χ0) is 26.4. The molecular weight excluding hydrogens is 520 g/mol. The number of aromatic nitrogens is 2. The molecule has 0 radical (unpaired) electrons. The van der Waals surface area contributed by atoms with Crippen LogP contribution >= 0.6 is 22.9 Å². The number of ether oxygens (including phenoxy) is 3. The molecule has 2 aromatic carbocycles. The Morgan fingerprint density at radius 2 is 1.73 bits per heavy atom. The van der Waals surface area contributed by atoms with Crippen molar-refractivity contribution >= 4 is 38.9 Å². The smallest absolute Gasteiger partial charge is 0.242 e. The summed E-state index contributed by atoms with van der Waals surface area (Å²) < 4.78 is 24.0. The number of furan rings is 1. The number of carbonyl (C=O) groups excluding carboxylic acids is 1. The van der Waals surface area contributed by atoms with Crippen LogP contribution in [-0.4, -0.2) is 46.9 Å². The fraction of sp³-hybridized carbons (Fsp3) is 0.154. The molecule has 5 rings (SSSR count). The molecule has 0 aliphatic rings. The van der Waals surface area contributed by atoms with Gasteiger partial charge in [0.25, 0.3) is 0 Å². The lowest BCUT2D eigenvalue weighted by Crippen LogP contribution is -2.05. The molecule has 0 aliphatic heterocycles. The molecular formula is C26H21ClN2O7S. The summed E-state index contributed by atoms with van der Waals surface area (Å²) in [5.41, 5.74) is 0.980. The first-order valence-electron chi connectivity index (χ1n) is 10.9. The SMILES string of the molecule is COc1cc(-c2c(C(=O)c3ccc(C)o3)c(O)c(O)n2-c2nc3ccc(Cl)cc3s2)cc(OC)c1OC. The zero-order valence-corrected chi connectivity index (χ0v) is 21.7. The summed E-state index contributed by atoms with van der Waals surface area (Å²) in [5, 5.41) is 23.0. The van der Waals surface area contributed by atoms with Gasteiger partial charge in [0.05, 0.1) is 42.8 Å². The second kappa shape index (κ2) is 9.38. The van der Waals surface area contributed by atoms with Gasteiger partial charge in [-0.3, -0.25) is 9.36 Å². The summed E-state index contributed by atoms with van der Waals surface area (Å²) in [7, 11) is 4.40. The molecule has 9 nitrogen and oxygen atoms in total. The van der Waals surface area contributed by atoms with Gasteiger partial charge >= 0.3 is 0 Å². The van der Waals surface area contributed by atoms with Gasteiger partial charge in [-0.25, -0.2) is 4.98 Å². The van der Waals surface area contributed by atoms with E-state index < -0.39 is 17.4 Å². The average molecular weight is 541 g/mol. The summed E-state index contributed by atoms with van der Waals surface area (Å²) in [6.07, 6.45) is 0. The van der Waals surface area contributed by atoms with Crippen LogP contribution < -0.4 is 14.2 Å². The minimum absolute atomic E-state index is 0.00489. The predicted molar refractivity (Wildman–Crippen MR) is 139 cm³/mol. The predicted octanol–water partition coefficient (Wildman–Crippen LogP) is 5.98.